The number of nitrogens with zero attached hydrogens (tertiary/aromatic N) is 3. The summed E-state index contributed by atoms with van der Waals surface area (Å²) in [7, 11) is 0. The van der Waals surface area contributed by atoms with Crippen molar-refractivity contribution in [3.63, 3.8) is 0 Å². The van der Waals surface area contributed by atoms with Crippen molar-refractivity contribution in [3.8, 4) is 12.1 Å². The molecule has 23 heavy (non-hydrogen) atoms. The van der Waals surface area contributed by atoms with Crippen molar-refractivity contribution in [2.75, 3.05) is 13.1 Å². The molecule has 0 aliphatic heterocycles. The van der Waals surface area contributed by atoms with Gasteiger partial charge in [-0.25, -0.2) is 0 Å². The van der Waals surface area contributed by atoms with Gasteiger partial charge in [-0.2, -0.15) is 10.5 Å². The van der Waals surface area contributed by atoms with Crippen molar-refractivity contribution in [2.24, 2.45) is 0 Å². The van der Waals surface area contributed by atoms with Crippen molar-refractivity contribution in [1.82, 2.24) is 4.90 Å². The van der Waals surface area contributed by atoms with E-state index in [1.54, 1.807) is 4.90 Å². The molecule has 0 bridgehead atoms. The van der Waals surface area contributed by atoms with Gasteiger partial charge in [0.25, 0.3) is 0 Å². The zero-order valence-corrected chi connectivity index (χ0v) is 13.2. The minimum Gasteiger partial charge on any atom is -0.340 e. The molecule has 0 heterocycles. The quantitative estimate of drug-likeness (QED) is 0.819. The van der Waals surface area contributed by atoms with E-state index in [0.29, 0.717) is 13.1 Å². The normalized spacial score (nSPS) is 11.4. The molecule has 0 spiro atoms. The Morgan fingerprint density at radius 3 is 2.30 bits per heavy atom. The van der Waals surface area contributed by atoms with E-state index in [-0.39, 0.29) is 24.7 Å². The van der Waals surface area contributed by atoms with Crippen LogP contribution in [0.4, 0.5) is 0 Å². The van der Waals surface area contributed by atoms with E-state index in [4.69, 9.17) is 10.5 Å². The predicted molar refractivity (Wildman–Crippen MR) is 89.4 cm³/mol. The minimum absolute atomic E-state index is 0.0353. The Kier molecular flexibility index (Phi) is 5.72. The van der Waals surface area contributed by atoms with Crippen LogP contribution < -0.4 is 0 Å². The number of fused-ring (bicyclic) bond motifs is 1. The molecule has 0 aliphatic rings. The fourth-order valence-corrected chi connectivity index (χ4v) is 2.74. The molecule has 2 rings (SSSR count). The minimum atomic E-state index is -0.307. The highest BCUT2D eigenvalue weighted by Gasteiger charge is 2.22. The van der Waals surface area contributed by atoms with E-state index in [1.807, 2.05) is 49.4 Å². The van der Waals surface area contributed by atoms with E-state index in [2.05, 4.69) is 12.1 Å². The van der Waals surface area contributed by atoms with Gasteiger partial charge in [0.2, 0.25) is 5.91 Å². The van der Waals surface area contributed by atoms with E-state index in [9.17, 15) is 4.79 Å². The first kappa shape index (κ1) is 16.5. The maximum absolute atomic E-state index is 12.8. The molecule has 4 heteroatoms. The molecular weight excluding hydrogens is 286 g/mol. The smallest absolute Gasteiger partial charge is 0.229 e. The van der Waals surface area contributed by atoms with Gasteiger partial charge in [0.05, 0.1) is 30.9 Å². The highest BCUT2D eigenvalue weighted by Crippen LogP contribution is 2.27. The van der Waals surface area contributed by atoms with Gasteiger partial charge in [-0.05, 0) is 23.3 Å². The van der Waals surface area contributed by atoms with Crippen LogP contribution in [0.15, 0.2) is 42.5 Å². The number of hydrogen-bond donors (Lipinski definition) is 0. The average molecular weight is 305 g/mol. The predicted octanol–water partition coefficient (Wildman–Crippen LogP) is 3.60. The van der Waals surface area contributed by atoms with Gasteiger partial charge in [-0.15, -0.1) is 0 Å². The Balaban J connectivity index is 2.28. The highest BCUT2D eigenvalue weighted by atomic mass is 16.2. The molecule has 0 radical (unpaired) electrons. The lowest BCUT2D eigenvalue weighted by Crippen LogP contribution is -2.35. The van der Waals surface area contributed by atoms with Gasteiger partial charge in [-0.1, -0.05) is 42.5 Å². The number of nitriles is 2. The van der Waals surface area contributed by atoms with Crippen LogP contribution in [0.1, 0.15) is 31.2 Å². The molecule has 0 aliphatic carbocycles. The lowest BCUT2D eigenvalue weighted by Gasteiger charge is -2.25. The van der Waals surface area contributed by atoms with Gasteiger partial charge >= 0.3 is 0 Å². The second-order valence-corrected chi connectivity index (χ2v) is 5.43. The summed E-state index contributed by atoms with van der Waals surface area (Å²) in [6, 6.07) is 18.1. The number of carbonyl (C=O) groups excluding carboxylic acids is 1. The summed E-state index contributed by atoms with van der Waals surface area (Å²) in [6.45, 7) is 2.62. The van der Waals surface area contributed by atoms with Crippen LogP contribution in [-0.4, -0.2) is 23.9 Å². The number of rotatable bonds is 6. The van der Waals surface area contributed by atoms with Gasteiger partial charge in [0.1, 0.15) is 0 Å². The molecule has 0 N–H and O–H groups in total. The van der Waals surface area contributed by atoms with Crippen LogP contribution in [0.5, 0.6) is 0 Å². The summed E-state index contributed by atoms with van der Waals surface area (Å²) in [5, 5.41) is 19.7. The Labute approximate surface area is 136 Å². The molecule has 0 fully saturated rings. The van der Waals surface area contributed by atoms with Crippen molar-refractivity contribution in [1.29, 1.82) is 10.5 Å². The monoisotopic (exact) mass is 305 g/mol. The van der Waals surface area contributed by atoms with Crippen molar-refractivity contribution in [3.05, 3.63) is 48.0 Å². The fraction of sp³-hybridized carbons (Fsp3) is 0.316. The third-order valence-electron chi connectivity index (χ3n) is 3.96. The zero-order chi connectivity index (χ0) is 16.7. The summed E-state index contributed by atoms with van der Waals surface area (Å²) in [6.07, 6.45) is 0.554. The summed E-state index contributed by atoms with van der Waals surface area (Å²) < 4.78 is 0. The van der Waals surface area contributed by atoms with E-state index < -0.39 is 0 Å². The SMILES string of the molecule is CC(C(=O)N(CCC#N)CCC#N)c1cccc2ccccc12. The molecule has 2 aromatic carbocycles. The first-order chi connectivity index (χ1) is 11.2. The molecule has 0 saturated carbocycles. The highest BCUT2D eigenvalue weighted by molar-refractivity contribution is 5.92. The lowest BCUT2D eigenvalue weighted by atomic mass is 9.93. The number of carbonyl (C=O) groups is 1. The molecule has 2 aromatic rings. The van der Waals surface area contributed by atoms with E-state index >= 15 is 0 Å². The fourth-order valence-electron chi connectivity index (χ4n) is 2.74. The van der Waals surface area contributed by atoms with Crippen LogP contribution in [-0.2, 0) is 4.79 Å². The Morgan fingerprint density at radius 1 is 1.04 bits per heavy atom. The second kappa shape index (κ2) is 7.96. The maximum atomic E-state index is 12.8. The van der Waals surface area contributed by atoms with E-state index in [1.165, 1.54) is 0 Å². The lowest BCUT2D eigenvalue weighted by molar-refractivity contribution is -0.132. The third-order valence-corrected chi connectivity index (χ3v) is 3.96. The first-order valence-electron chi connectivity index (χ1n) is 7.69. The van der Waals surface area contributed by atoms with E-state index in [0.717, 1.165) is 16.3 Å². The van der Waals surface area contributed by atoms with Gasteiger partial charge < -0.3 is 4.90 Å². The zero-order valence-electron chi connectivity index (χ0n) is 13.2. The van der Waals surface area contributed by atoms with Crippen molar-refractivity contribution >= 4 is 16.7 Å². The molecule has 1 unspecified atom stereocenters. The molecule has 0 aromatic heterocycles. The van der Waals surface area contributed by atoms with Gasteiger partial charge in [0.15, 0.2) is 0 Å². The van der Waals surface area contributed by atoms with Crippen LogP contribution >= 0.6 is 0 Å². The maximum Gasteiger partial charge on any atom is 0.229 e. The average Bonchev–Trinajstić information content (AvgIpc) is 2.60. The molecular formula is C19H19N3O. The summed E-state index contributed by atoms with van der Waals surface area (Å²) in [5.41, 5.74) is 0.979. The molecule has 1 amide bonds. The van der Waals surface area contributed by atoms with Crippen molar-refractivity contribution < 1.29 is 4.79 Å². The van der Waals surface area contributed by atoms with Crippen LogP contribution in [0.3, 0.4) is 0 Å². The Hall–Kier alpha value is -2.85. The number of hydrogen-bond acceptors (Lipinski definition) is 3. The third kappa shape index (κ3) is 3.87. The standard InChI is InChI=1S/C19H19N3O/c1-15(19(23)22(13-5-11-20)14-6-12-21)17-10-4-8-16-7-2-3-9-18(16)17/h2-4,7-10,15H,5-6,13-14H2,1H3. The topological polar surface area (TPSA) is 67.9 Å². The van der Waals surface area contributed by atoms with Crippen LogP contribution in [0, 0.1) is 22.7 Å². The van der Waals surface area contributed by atoms with Crippen molar-refractivity contribution in [2.45, 2.75) is 25.7 Å². The number of amides is 1. The first-order valence-corrected chi connectivity index (χ1v) is 7.69. The van der Waals surface area contributed by atoms with Crippen LogP contribution in [0.2, 0.25) is 0 Å². The van der Waals surface area contributed by atoms with Crippen LogP contribution in [0.25, 0.3) is 10.8 Å². The largest absolute Gasteiger partial charge is 0.340 e. The molecule has 4 nitrogen and oxygen atoms in total. The Bertz CT molecular complexity index is 747. The summed E-state index contributed by atoms with van der Waals surface area (Å²) in [5.74, 6) is -0.342. The summed E-state index contributed by atoms with van der Waals surface area (Å²) >= 11 is 0. The van der Waals surface area contributed by atoms with Gasteiger partial charge in [0, 0.05) is 13.1 Å². The summed E-state index contributed by atoms with van der Waals surface area (Å²) in [4.78, 5) is 14.4. The van der Waals surface area contributed by atoms with Gasteiger partial charge in [-0.3, -0.25) is 4.79 Å². The second-order valence-electron chi connectivity index (χ2n) is 5.43. The Morgan fingerprint density at radius 2 is 1.65 bits per heavy atom. The number of benzene rings is 2. The molecule has 1 atom stereocenters. The molecule has 116 valence electrons. The molecule has 0 saturated heterocycles.